The van der Waals surface area contributed by atoms with Gasteiger partial charge in [0.05, 0.1) is 16.9 Å². The lowest BCUT2D eigenvalue weighted by molar-refractivity contribution is 0.0664. The Morgan fingerprint density at radius 1 is 1.13 bits per heavy atom. The number of sulfonamides is 1. The fraction of sp³-hybridized carbons (Fsp3) is 0.467. The number of carbonyl (C=O) groups is 2. The van der Waals surface area contributed by atoms with E-state index in [1.807, 2.05) is 25.9 Å². The van der Waals surface area contributed by atoms with Crippen LogP contribution in [-0.2, 0) is 10.0 Å². The zero-order valence-electron chi connectivity index (χ0n) is 13.5. The van der Waals surface area contributed by atoms with Crippen LogP contribution in [0.5, 0.6) is 0 Å². The molecule has 0 unspecified atom stereocenters. The van der Waals surface area contributed by atoms with Gasteiger partial charge in [0, 0.05) is 19.6 Å². The molecule has 0 fully saturated rings. The summed E-state index contributed by atoms with van der Waals surface area (Å²) in [5.74, 6) is -1.17. The first-order valence-electron chi connectivity index (χ1n) is 7.30. The van der Waals surface area contributed by atoms with Crippen molar-refractivity contribution in [1.29, 1.82) is 0 Å². The van der Waals surface area contributed by atoms with E-state index in [2.05, 4.69) is 4.72 Å². The Morgan fingerprint density at radius 3 is 2.43 bits per heavy atom. The average Bonchev–Trinajstić information content (AvgIpc) is 2.68. The molecule has 2 amide bonds. The fourth-order valence-corrected chi connectivity index (χ4v) is 3.29. The predicted molar refractivity (Wildman–Crippen MR) is 86.9 cm³/mol. The Labute approximate surface area is 136 Å². The minimum atomic E-state index is -3.53. The molecule has 7 nitrogen and oxygen atoms in total. The number of likely N-dealkylation sites (N-methyl/N-ethyl adjacent to an activating group) is 1. The molecule has 1 aliphatic rings. The van der Waals surface area contributed by atoms with Crippen LogP contribution in [0.4, 0.5) is 0 Å². The number of fused-ring (bicyclic) bond motifs is 1. The van der Waals surface area contributed by atoms with Crippen molar-refractivity contribution in [3.8, 4) is 0 Å². The van der Waals surface area contributed by atoms with Crippen molar-refractivity contribution in [2.24, 2.45) is 0 Å². The maximum Gasteiger partial charge on any atom is 0.261 e. The maximum absolute atomic E-state index is 12.3. The second-order valence-corrected chi connectivity index (χ2v) is 7.75. The minimum Gasteiger partial charge on any atom is -0.308 e. The van der Waals surface area contributed by atoms with E-state index >= 15 is 0 Å². The number of nitrogens with one attached hydrogen (secondary N) is 1. The van der Waals surface area contributed by atoms with Crippen LogP contribution in [0.3, 0.4) is 0 Å². The molecule has 0 aliphatic carbocycles. The maximum atomic E-state index is 12.3. The highest BCUT2D eigenvalue weighted by Crippen LogP contribution is 2.23. The normalized spacial score (nSPS) is 14.7. The number of amides is 2. The van der Waals surface area contributed by atoms with Gasteiger partial charge in [-0.3, -0.25) is 14.5 Å². The summed E-state index contributed by atoms with van der Waals surface area (Å²) < 4.78 is 26.3. The topological polar surface area (TPSA) is 86.8 Å². The number of aryl methyl sites for hydroxylation is 1. The molecular weight excluding hydrogens is 318 g/mol. The van der Waals surface area contributed by atoms with E-state index in [0.717, 1.165) is 10.5 Å². The molecule has 1 aromatic rings. The molecule has 2 rings (SSSR count). The summed E-state index contributed by atoms with van der Waals surface area (Å²) in [4.78, 5) is 27.3. The standard InChI is InChI=1S/C15H21N3O4S/c1-11-4-5-12-13(10-11)15(20)18(14(12)19)8-9-23(21,22)16-6-7-17(2)3/h4-5,10,16H,6-9H2,1-3H3. The zero-order chi connectivity index (χ0) is 17.2. The molecule has 0 aromatic heterocycles. The van der Waals surface area contributed by atoms with E-state index in [4.69, 9.17) is 0 Å². The van der Waals surface area contributed by atoms with Gasteiger partial charge in [0.1, 0.15) is 0 Å². The second kappa shape index (κ2) is 6.77. The monoisotopic (exact) mass is 339 g/mol. The summed E-state index contributed by atoms with van der Waals surface area (Å²) in [6.07, 6.45) is 0. The second-order valence-electron chi connectivity index (χ2n) is 5.83. The lowest BCUT2D eigenvalue weighted by Gasteiger charge is -2.15. The third-order valence-electron chi connectivity index (χ3n) is 3.59. The first-order valence-corrected chi connectivity index (χ1v) is 8.95. The zero-order valence-corrected chi connectivity index (χ0v) is 14.3. The van der Waals surface area contributed by atoms with E-state index < -0.39 is 21.8 Å². The van der Waals surface area contributed by atoms with E-state index in [0.29, 0.717) is 17.7 Å². The van der Waals surface area contributed by atoms with Gasteiger partial charge in [-0.15, -0.1) is 0 Å². The van der Waals surface area contributed by atoms with Crippen molar-refractivity contribution in [2.75, 3.05) is 39.5 Å². The van der Waals surface area contributed by atoms with Gasteiger partial charge in [-0.25, -0.2) is 13.1 Å². The van der Waals surface area contributed by atoms with E-state index in [9.17, 15) is 18.0 Å². The summed E-state index contributed by atoms with van der Waals surface area (Å²) in [5.41, 5.74) is 1.55. The summed E-state index contributed by atoms with van der Waals surface area (Å²) in [7, 11) is 0.155. The summed E-state index contributed by atoms with van der Waals surface area (Å²) in [6.45, 7) is 2.55. The van der Waals surface area contributed by atoms with Crippen LogP contribution in [-0.4, -0.2) is 69.5 Å². The number of rotatable bonds is 7. The van der Waals surface area contributed by atoms with Crippen LogP contribution in [0.1, 0.15) is 26.3 Å². The Bertz CT molecular complexity index is 728. The molecule has 23 heavy (non-hydrogen) atoms. The summed E-state index contributed by atoms with van der Waals surface area (Å²) in [5, 5.41) is 0. The Morgan fingerprint density at radius 2 is 1.78 bits per heavy atom. The van der Waals surface area contributed by atoms with Gasteiger partial charge >= 0.3 is 0 Å². The molecule has 0 atom stereocenters. The summed E-state index contributed by atoms with van der Waals surface area (Å²) >= 11 is 0. The van der Waals surface area contributed by atoms with Crippen molar-refractivity contribution in [1.82, 2.24) is 14.5 Å². The Kier molecular flexibility index (Phi) is 5.18. The van der Waals surface area contributed by atoms with Gasteiger partial charge < -0.3 is 4.90 Å². The summed E-state index contributed by atoms with van der Waals surface area (Å²) in [6, 6.07) is 5.02. The molecular formula is C15H21N3O4S. The number of imide groups is 1. The van der Waals surface area contributed by atoms with Gasteiger partial charge in [0.25, 0.3) is 11.8 Å². The van der Waals surface area contributed by atoms with Crippen molar-refractivity contribution >= 4 is 21.8 Å². The number of carbonyl (C=O) groups excluding carboxylic acids is 2. The van der Waals surface area contributed by atoms with Crippen LogP contribution in [0.25, 0.3) is 0 Å². The van der Waals surface area contributed by atoms with Gasteiger partial charge in [-0.1, -0.05) is 11.6 Å². The van der Waals surface area contributed by atoms with Crippen molar-refractivity contribution in [3.05, 3.63) is 34.9 Å². The number of hydrogen-bond donors (Lipinski definition) is 1. The lowest BCUT2D eigenvalue weighted by atomic mass is 10.1. The van der Waals surface area contributed by atoms with Crippen LogP contribution >= 0.6 is 0 Å². The highest BCUT2D eigenvalue weighted by Gasteiger charge is 2.35. The number of benzene rings is 1. The molecule has 0 saturated carbocycles. The van der Waals surface area contributed by atoms with Crippen LogP contribution in [0, 0.1) is 6.92 Å². The van der Waals surface area contributed by atoms with E-state index in [1.165, 1.54) is 0 Å². The van der Waals surface area contributed by atoms with Crippen molar-refractivity contribution < 1.29 is 18.0 Å². The molecule has 1 aromatic carbocycles. The first-order chi connectivity index (χ1) is 10.7. The number of hydrogen-bond acceptors (Lipinski definition) is 5. The molecule has 126 valence electrons. The lowest BCUT2D eigenvalue weighted by Crippen LogP contribution is -2.39. The van der Waals surface area contributed by atoms with Gasteiger partial charge in [0.15, 0.2) is 0 Å². The quantitative estimate of drug-likeness (QED) is 0.711. The molecule has 1 aliphatic heterocycles. The van der Waals surface area contributed by atoms with Crippen LogP contribution in [0.2, 0.25) is 0 Å². The van der Waals surface area contributed by atoms with E-state index in [1.54, 1.807) is 18.2 Å². The van der Waals surface area contributed by atoms with Gasteiger partial charge in [-0.05, 0) is 33.2 Å². The highest BCUT2D eigenvalue weighted by atomic mass is 32.2. The molecule has 0 saturated heterocycles. The molecule has 0 bridgehead atoms. The Balaban J connectivity index is 1.99. The molecule has 0 radical (unpaired) electrons. The SMILES string of the molecule is Cc1ccc2c(c1)C(=O)N(CCS(=O)(=O)NCCN(C)C)C2=O. The van der Waals surface area contributed by atoms with Gasteiger partial charge in [0.2, 0.25) is 10.0 Å². The fourth-order valence-electron chi connectivity index (χ4n) is 2.32. The largest absolute Gasteiger partial charge is 0.308 e. The Hall–Kier alpha value is -1.77. The highest BCUT2D eigenvalue weighted by molar-refractivity contribution is 7.89. The minimum absolute atomic E-state index is 0.150. The predicted octanol–water partition coefficient (Wildman–Crippen LogP) is 0.0720. The first kappa shape index (κ1) is 17.6. The molecule has 1 heterocycles. The average molecular weight is 339 g/mol. The smallest absolute Gasteiger partial charge is 0.261 e. The molecule has 0 spiro atoms. The third-order valence-corrected chi connectivity index (χ3v) is 4.95. The molecule has 8 heteroatoms. The van der Waals surface area contributed by atoms with Crippen molar-refractivity contribution in [2.45, 2.75) is 6.92 Å². The van der Waals surface area contributed by atoms with Crippen LogP contribution in [0.15, 0.2) is 18.2 Å². The number of nitrogens with zero attached hydrogens (tertiary/aromatic N) is 2. The van der Waals surface area contributed by atoms with Gasteiger partial charge in [-0.2, -0.15) is 0 Å². The third kappa shape index (κ3) is 4.15. The van der Waals surface area contributed by atoms with E-state index in [-0.39, 0.29) is 18.8 Å². The van der Waals surface area contributed by atoms with Crippen LogP contribution < -0.4 is 4.72 Å². The van der Waals surface area contributed by atoms with Crippen molar-refractivity contribution in [3.63, 3.8) is 0 Å². The molecule has 1 N–H and O–H groups in total.